The van der Waals surface area contributed by atoms with Crippen LogP contribution in [0, 0.1) is 24.0 Å². The van der Waals surface area contributed by atoms with E-state index in [2.05, 4.69) is 34.0 Å². The molecule has 0 spiro atoms. The maximum absolute atomic E-state index is 14.4. The Hall–Kier alpha value is -3.29. The van der Waals surface area contributed by atoms with Crippen LogP contribution in [0.3, 0.4) is 0 Å². The highest BCUT2D eigenvalue weighted by molar-refractivity contribution is 5.92. The summed E-state index contributed by atoms with van der Waals surface area (Å²) in [5.41, 5.74) is 2.30. The number of fused-ring (bicyclic) bond motifs is 5. The van der Waals surface area contributed by atoms with Gasteiger partial charge in [0.05, 0.1) is 28.8 Å². The highest BCUT2D eigenvalue weighted by atomic mass is 19.1. The highest BCUT2D eigenvalue weighted by Crippen LogP contribution is 2.67. The maximum Gasteiger partial charge on any atom is 0.274 e. The van der Waals surface area contributed by atoms with Crippen molar-refractivity contribution in [2.75, 3.05) is 13.1 Å². The van der Waals surface area contributed by atoms with Crippen molar-refractivity contribution in [3.05, 3.63) is 70.9 Å². The Bertz CT molecular complexity index is 1260. The number of carbonyl (C=O) groups excluding carboxylic acids is 1. The van der Waals surface area contributed by atoms with Crippen molar-refractivity contribution in [2.45, 2.75) is 51.9 Å². The van der Waals surface area contributed by atoms with Gasteiger partial charge >= 0.3 is 0 Å². The molecule has 2 aliphatic carbocycles. The van der Waals surface area contributed by atoms with Crippen LogP contribution in [0.2, 0.25) is 0 Å². The van der Waals surface area contributed by atoms with E-state index >= 15 is 0 Å². The van der Waals surface area contributed by atoms with E-state index in [0.717, 1.165) is 29.8 Å². The molecule has 8 heteroatoms. The van der Waals surface area contributed by atoms with E-state index in [9.17, 15) is 13.6 Å². The standard InChI is InChI=1S/C26H27F2N5O/c1-5-33(24(34)21-13-29-15(2)12-30-21)14-26-10-9-17(25(26,3)4)16-11-20(31-32-23(16)26)22-18(27)7-6-8-19(22)28/h6-8,11-13,17H,5,9-10,14H2,1-4H3/t17-,26-/m0/s1. The lowest BCUT2D eigenvalue weighted by molar-refractivity contribution is 0.0646. The Morgan fingerprint density at radius 1 is 1.15 bits per heavy atom. The van der Waals surface area contributed by atoms with Gasteiger partial charge in [0, 0.05) is 24.7 Å². The van der Waals surface area contributed by atoms with Gasteiger partial charge in [-0.25, -0.2) is 13.8 Å². The van der Waals surface area contributed by atoms with Crippen molar-refractivity contribution in [1.29, 1.82) is 0 Å². The van der Waals surface area contributed by atoms with Gasteiger partial charge in [-0.15, -0.1) is 0 Å². The molecule has 3 aromatic rings. The molecule has 2 aliphatic rings. The highest BCUT2D eigenvalue weighted by Gasteiger charge is 2.64. The Labute approximate surface area is 197 Å². The molecule has 0 aliphatic heterocycles. The second-order valence-corrected chi connectivity index (χ2v) is 9.89. The van der Waals surface area contributed by atoms with E-state index in [4.69, 9.17) is 0 Å². The fourth-order valence-electron chi connectivity index (χ4n) is 5.96. The van der Waals surface area contributed by atoms with E-state index in [1.165, 1.54) is 24.4 Å². The number of nitrogens with zero attached hydrogens (tertiary/aromatic N) is 5. The van der Waals surface area contributed by atoms with Gasteiger partial charge in [0.15, 0.2) is 0 Å². The predicted molar refractivity (Wildman–Crippen MR) is 123 cm³/mol. The first-order valence-corrected chi connectivity index (χ1v) is 11.6. The summed E-state index contributed by atoms with van der Waals surface area (Å²) >= 11 is 0. The molecule has 2 atom stereocenters. The number of amides is 1. The van der Waals surface area contributed by atoms with Crippen LogP contribution in [0.25, 0.3) is 11.3 Å². The third-order valence-electron chi connectivity index (χ3n) is 7.97. The molecule has 2 aromatic heterocycles. The fourth-order valence-corrected chi connectivity index (χ4v) is 5.96. The molecule has 0 unspecified atom stereocenters. The van der Waals surface area contributed by atoms with E-state index in [0.29, 0.717) is 18.8 Å². The molecule has 1 saturated carbocycles. The van der Waals surface area contributed by atoms with Crippen LogP contribution in [0.5, 0.6) is 0 Å². The first kappa shape index (κ1) is 22.5. The summed E-state index contributed by atoms with van der Waals surface area (Å²) in [6.07, 6.45) is 4.89. The van der Waals surface area contributed by atoms with Crippen molar-refractivity contribution in [2.24, 2.45) is 5.41 Å². The zero-order valence-corrected chi connectivity index (χ0v) is 19.8. The first-order valence-electron chi connectivity index (χ1n) is 11.6. The van der Waals surface area contributed by atoms with Crippen LogP contribution in [0.15, 0.2) is 36.7 Å². The van der Waals surface area contributed by atoms with Crippen LogP contribution in [-0.4, -0.2) is 44.1 Å². The van der Waals surface area contributed by atoms with Gasteiger partial charge in [-0.05, 0) is 61.8 Å². The normalized spacial score (nSPS) is 22.0. The summed E-state index contributed by atoms with van der Waals surface area (Å²) in [4.78, 5) is 23.6. The number of halogens is 2. The van der Waals surface area contributed by atoms with Gasteiger partial charge in [0.25, 0.3) is 5.91 Å². The zero-order chi connectivity index (χ0) is 24.3. The average molecular weight is 464 g/mol. The topological polar surface area (TPSA) is 71.9 Å². The molecule has 0 saturated heterocycles. The summed E-state index contributed by atoms with van der Waals surface area (Å²) in [5, 5.41) is 8.81. The number of rotatable bonds is 5. The maximum atomic E-state index is 14.4. The smallest absolute Gasteiger partial charge is 0.274 e. The van der Waals surface area contributed by atoms with Crippen LogP contribution < -0.4 is 0 Å². The van der Waals surface area contributed by atoms with Gasteiger partial charge in [0.2, 0.25) is 0 Å². The van der Waals surface area contributed by atoms with Crippen molar-refractivity contribution >= 4 is 5.91 Å². The molecular weight excluding hydrogens is 436 g/mol. The van der Waals surface area contributed by atoms with Crippen LogP contribution in [0.4, 0.5) is 8.78 Å². The van der Waals surface area contributed by atoms with Crippen LogP contribution in [-0.2, 0) is 5.41 Å². The fraction of sp³-hybridized carbons (Fsp3) is 0.423. The SMILES string of the molecule is CCN(C[C@@]12CC[C@@H](c3cc(-c4c(F)cccc4F)nnc31)C2(C)C)C(=O)c1cnc(C)cn1. The second kappa shape index (κ2) is 7.89. The molecule has 0 radical (unpaired) electrons. The lowest BCUT2D eigenvalue weighted by Gasteiger charge is -2.41. The summed E-state index contributed by atoms with van der Waals surface area (Å²) in [5.74, 6) is -1.32. The molecule has 1 amide bonds. The van der Waals surface area contributed by atoms with Gasteiger partial charge < -0.3 is 4.90 Å². The van der Waals surface area contributed by atoms with Gasteiger partial charge in [0.1, 0.15) is 17.3 Å². The van der Waals surface area contributed by atoms with E-state index < -0.39 is 17.0 Å². The predicted octanol–water partition coefficient (Wildman–Crippen LogP) is 4.84. The molecule has 5 rings (SSSR count). The summed E-state index contributed by atoms with van der Waals surface area (Å²) < 4.78 is 28.9. The molecular formula is C26H27F2N5O. The number of aromatic nitrogens is 4. The largest absolute Gasteiger partial charge is 0.337 e. The van der Waals surface area contributed by atoms with Crippen molar-refractivity contribution in [3.63, 3.8) is 0 Å². The minimum Gasteiger partial charge on any atom is -0.337 e. The zero-order valence-electron chi connectivity index (χ0n) is 19.8. The van der Waals surface area contributed by atoms with E-state index in [1.807, 2.05) is 13.8 Å². The number of aryl methyl sites for hydroxylation is 1. The van der Waals surface area contributed by atoms with Crippen LogP contribution in [0.1, 0.15) is 67.0 Å². The number of hydrogen-bond donors (Lipinski definition) is 0. The van der Waals surface area contributed by atoms with Gasteiger partial charge in [-0.1, -0.05) is 19.9 Å². The lowest BCUT2D eigenvalue weighted by atomic mass is 9.68. The summed E-state index contributed by atoms with van der Waals surface area (Å²) in [7, 11) is 0. The van der Waals surface area contributed by atoms with Gasteiger partial charge in [-0.3, -0.25) is 9.78 Å². The molecule has 2 heterocycles. The number of benzene rings is 1. The molecule has 6 nitrogen and oxygen atoms in total. The molecule has 34 heavy (non-hydrogen) atoms. The third kappa shape index (κ3) is 3.15. The first-order chi connectivity index (χ1) is 16.2. The van der Waals surface area contributed by atoms with Gasteiger partial charge in [-0.2, -0.15) is 10.2 Å². The molecule has 176 valence electrons. The number of carbonyl (C=O) groups is 1. The Morgan fingerprint density at radius 2 is 1.88 bits per heavy atom. The Kier molecular flexibility index (Phi) is 5.22. The Balaban J connectivity index is 1.55. The minimum atomic E-state index is -0.659. The second-order valence-electron chi connectivity index (χ2n) is 9.89. The lowest BCUT2D eigenvalue weighted by Crippen LogP contribution is -2.48. The molecule has 1 aromatic carbocycles. The quantitative estimate of drug-likeness (QED) is 0.542. The summed E-state index contributed by atoms with van der Waals surface area (Å²) in [6.45, 7) is 9.14. The monoisotopic (exact) mass is 463 g/mol. The number of hydrogen-bond acceptors (Lipinski definition) is 5. The van der Waals surface area contributed by atoms with Crippen molar-refractivity contribution < 1.29 is 13.6 Å². The molecule has 2 bridgehead atoms. The number of likely N-dealkylation sites (N-methyl/N-ethyl adjacent to an activating group) is 1. The van der Waals surface area contributed by atoms with Crippen molar-refractivity contribution in [3.8, 4) is 11.3 Å². The van der Waals surface area contributed by atoms with Crippen molar-refractivity contribution in [1.82, 2.24) is 25.1 Å². The average Bonchev–Trinajstić information content (AvgIpc) is 3.17. The molecule has 1 fully saturated rings. The van der Waals surface area contributed by atoms with E-state index in [1.54, 1.807) is 17.2 Å². The third-order valence-corrected chi connectivity index (χ3v) is 7.97. The van der Waals surface area contributed by atoms with E-state index in [-0.39, 0.29) is 28.5 Å². The summed E-state index contributed by atoms with van der Waals surface area (Å²) in [6, 6.07) is 5.58. The Morgan fingerprint density at radius 3 is 2.53 bits per heavy atom. The molecule has 0 N–H and O–H groups in total. The minimum absolute atomic E-state index is 0.157. The van der Waals surface area contributed by atoms with Crippen LogP contribution >= 0.6 is 0 Å².